The van der Waals surface area contributed by atoms with Crippen molar-refractivity contribution < 1.29 is 4.74 Å². The monoisotopic (exact) mass is 267 g/mol. The van der Waals surface area contributed by atoms with E-state index in [1.807, 2.05) is 32.3 Å². The molecule has 0 aromatic heterocycles. The van der Waals surface area contributed by atoms with Crippen molar-refractivity contribution in [2.24, 2.45) is 10.7 Å². The maximum absolute atomic E-state index is 5.81. The number of nitrogens with two attached hydrogens (primary N) is 1. The van der Waals surface area contributed by atoms with Crippen LogP contribution in [0.1, 0.15) is 12.5 Å². The van der Waals surface area contributed by atoms with Crippen LogP contribution in [-0.2, 0) is 6.54 Å². The number of hydrogen-bond acceptors (Lipinski definition) is 4. The van der Waals surface area contributed by atoms with Gasteiger partial charge in [0.25, 0.3) is 0 Å². The summed E-state index contributed by atoms with van der Waals surface area (Å²) in [5.41, 5.74) is 7.79. The molecule has 0 spiro atoms. The number of thioether (sulfide) groups is 1. The maximum Gasteiger partial charge on any atom is 0.159 e. The van der Waals surface area contributed by atoms with Crippen LogP contribution in [0.4, 0.5) is 5.69 Å². The van der Waals surface area contributed by atoms with Crippen LogP contribution in [0, 0.1) is 0 Å². The van der Waals surface area contributed by atoms with Gasteiger partial charge in [-0.05, 0) is 38.0 Å². The molecule has 1 rings (SSSR count). The molecule has 2 N–H and O–H groups in total. The molecule has 0 atom stereocenters. The molecule has 100 valence electrons. The number of amidine groups is 1. The van der Waals surface area contributed by atoms with E-state index in [1.165, 1.54) is 0 Å². The van der Waals surface area contributed by atoms with E-state index in [1.54, 1.807) is 18.9 Å². The Morgan fingerprint density at radius 3 is 2.72 bits per heavy atom. The number of methoxy groups -OCH3 is 1. The summed E-state index contributed by atoms with van der Waals surface area (Å²) in [7, 11) is 5.73. The Labute approximate surface area is 113 Å². The van der Waals surface area contributed by atoms with Gasteiger partial charge in [-0.2, -0.15) is 0 Å². The Morgan fingerprint density at radius 2 is 2.17 bits per heavy atom. The molecule has 18 heavy (non-hydrogen) atoms. The minimum Gasteiger partial charge on any atom is -0.496 e. The Hall–Kier alpha value is -1.20. The molecule has 0 saturated heterocycles. The Kier molecular flexibility index (Phi) is 6.01. The van der Waals surface area contributed by atoms with Crippen LogP contribution in [0.25, 0.3) is 0 Å². The number of aliphatic imine (C=N–C) groups is 1. The first kappa shape index (κ1) is 14.9. The van der Waals surface area contributed by atoms with E-state index < -0.39 is 0 Å². The topological polar surface area (TPSA) is 50.9 Å². The van der Waals surface area contributed by atoms with E-state index in [2.05, 4.69) is 16.8 Å². The van der Waals surface area contributed by atoms with E-state index in [0.717, 1.165) is 29.3 Å². The highest BCUT2D eigenvalue weighted by atomic mass is 32.2. The molecule has 0 aliphatic heterocycles. The normalized spacial score (nSPS) is 11.9. The lowest BCUT2D eigenvalue weighted by molar-refractivity contribution is 0.372. The van der Waals surface area contributed by atoms with Gasteiger partial charge in [0.15, 0.2) is 5.17 Å². The number of hydrogen-bond donors (Lipinski definition) is 1. The summed E-state index contributed by atoms with van der Waals surface area (Å²) >= 11 is 1.54. The molecule has 0 bridgehead atoms. The maximum atomic E-state index is 5.81. The van der Waals surface area contributed by atoms with Crippen LogP contribution in [0.3, 0.4) is 0 Å². The number of ether oxygens (including phenoxy) is 1. The van der Waals surface area contributed by atoms with E-state index in [0.29, 0.717) is 5.17 Å². The van der Waals surface area contributed by atoms with Crippen LogP contribution in [0.5, 0.6) is 5.75 Å². The van der Waals surface area contributed by atoms with E-state index >= 15 is 0 Å². The van der Waals surface area contributed by atoms with Gasteiger partial charge in [-0.1, -0.05) is 18.7 Å². The lowest BCUT2D eigenvalue weighted by atomic mass is 10.1. The fourth-order valence-electron chi connectivity index (χ4n) is 1.61. The predicted molar refractivity (Wildman–Crippen MR) is 79.8 cm³/mol. The molecule has 0 aliphatic rings. The molecule has 0 aliphatic carbocycles. The highest BCUT2D eigenvalue weighted by Gasteiger charge is 2.05. The third-order valence-electron chi connectivity index (χ3n) is 2.28. The smallest absolute Gasteiger partial charge is 0.159 e. The van der Waals surface area contributed by atoms with Crippen LogP contribution in [-0.4, -0.2) is 37.0 Å². The summed E-state index contributed by atoms with van der Waals surface area (Å²) in [6.45, 7) is 2.87. The third kappa shape index (κ3) is 4.58. The molecule has 0 unspecified atom stereocenters. The highest BCUT2D eigenvalue weighted by molar-refractivity contribution is 8.13. The Balaban J connectivity index is 2.98. The molecule has 1 aromatic rings. The second-order valence-electron chi connectivity index (χ2n) is 4.12. The second kappa shape index (κ2) is 7.28. The average molecular weight is 267 g/mol. The SMILES string of the molecule is CCSC(N)=Nc1ccc(OC)c(CN(C)C)c1. The van der Waals surface area contributed by atoms with Crippen molar-refractivity contribution in [2.45, 2.75) is 13.5 Å². The number of nitrogens with zero attached hydrogens (tertiary/aromatic N) is 2. The molecule has 4 nitrogen and oxygen atoms in total. The van der Waals surface area contributed by atoms with Gasteiger partial charge >= 0.3 is 0 Å². The van der Waals surface area contributed by atoms with Crippen molar-refractivity contribution in [3.05, 3.63) is 23.8 Å². The first-order valence-corrected chi connectivity index (χ1v) is 6.84. The zero-order valence-electron chi connectivity index (χ0n) is 11.4. The van der Waals surface area contributed by atoms with Crippen molar-refractivity contribution >= 4 is 22.6 Å². The van der Waals surface area contributed by atoms with E-state index in [4.69, 9.17) is 10.5 Å². The summed E-state index contributed by atoms with van der Waals surface area (Å²) in [5, 5.41) is 0.596. The Bertz CT molecular complexity index is 419. The van der Waals surface area contributed by atoms with Gasteiger partial charge in [0.05, 0.1) is 12.8 Å². The summed E-state index contributed by atoms with van der Waals surface area (Å²) in [6, 6.07) is 5.87. The van der Waals surface area contributed by atoms with Crippen LogP contribution >= 0.6 is 11.8 Å². The lowest BCUT2D eigenvalue weighted by Crippen LogP contribution is -2.11. The zero-order valence-corrected chi connectivity index (χ0v) is 12.3. The van der Waals surface area contributed by atoms with Crippen molar-refractivity contribution in [3.8, 4) is 5.75 Å². The van der Waals surface area contributed by atoms with Gasteiger partial charge in [-0.15, -0.1) is 0 Å². The van der Waals surface area contributed by atoms with Gasteiger partial charge < -0.3 is 15.4 Å². The minimum absolute atomic E-state index is 0.596. The molecule has 1 aromatic carbocycles. The molecule has 5 heteroatoms. The average Bonchev–Trinajstić information content (AvgIpc) is 2.28. The third-order valence-corrected chi connectivity index (χ3v) is 2.96. The molecule has 0 amide bonds. The second-order valence-corrected chi connectivity index (χ2v) is 5.40. The van der Waals surface area contributed by atoms with Crippen molar-refractivity contribution in [1.29, 1.82) is 0 Å². The minimum atomic E-state index is 0.596. The van der Waals surface area contributed by atoms with Gasteiger partial charge in [0, 0.05) is 12.1 Å². The first-order valence-electron chi connectivity index (χ1n) is 5.85. The predicted octanol–water partition coefficient (Wildman–Crippen LogP) is 2.46. The van der Waals surface area contributed by atoms with Gasteiger partial charge in [0.2, 0.25) is 0 Å². The molecule has 0 heterocycles. The Morgan fingerprint density at radius 1 is 1.44 bits per heavy atom. The zero-order chi connectivity index (χ0) is 13.5. The quantitative estimate of drug-likeness (QED) is 0.657. The molecule has 0 radical (unpaired) electrons. The lowest BCUT2D eigenvalue weighted by Gasteiger charge is -2.14. The van der Waals surface area contributed by atoms with Crippen LogP contribution in [0.2, 0.25) is 0 Å². The van der Waals surface area contributed by atoms with Crippen molar-refractivity contribution in [1.82, 2.24) is 4.90 Å². The van der Waals surface area contributed by atoms with Gasteiger partial charge in [-0.3, -0.25) is 0 Å². The van der Waals surface area contributed by atoms with Crippen LogP contribution < -0.4 is 10.5 Å². The summed E-state index contributed by atoms with van der Waals surface area (Å²) in [5.74, 6) is 1.81. The molecular formula is C13H21N3OS. The summed E-state index contributed by atoms with van der Waals surface area (Å²) < 4.78 is 5.34. The standard InChI is InChI=1S/C13H21N3OS/c1-5-18-13(14)15-11-6-7-12(17-4)10(8-11)9-16(2)3/h6-8H,5,9H2,1-4H3,(H2,14,15). The first-order chi connectivity index (χ1) is 8.56. The van der Waals surface area contributed by atoms with E-state index in [9.17, 15) is 0 Å². The molecule has 0 saturated carbocycles. The van der Waals surface area contributed by atoms with Crippen LogP contribution in [0.15, 0.2) is 23.2 Å². The summed E-state index contributed by atoms with van der Waals surface area (Å²) in [6.07, 6.45) is 0. The van der Waals surface area contributed by atoms with Gasteiger partial charge in [0.1, 0.15) is 5.75 Å². The van der Waals surface area contributed by atoms with Crippen molar-refractivity contribution in [2.75, 3.05) is 27.0 Å². The molecule has 0 fully saturated rings. The largest absolute Gasteiger partial charge is 0.496 e. The summed E-state index contributed by atoms with van der Waals surface area (Å²) in [4.78, 5) is 6.47. The molecular weight excluding hydrogens is 246 g/mol. The number of benzene rings is 1. The van der Waals surface area contributed by atoms with Crippen molar-refractivity contribution in [3.63, 3.8) is 0 Å². The fourth-order valence-corrected chi connectivity index (χ4v) is 2.07. The van der Waals surface area contributed by atoms with Gasteiger partial charge in [-0.25, -0.2) is 4.99 Å². The highest BCUT2D eigenvalue weighted by Crippen LogP contribution is 2.25. The number of rotatable bonds is 5. The fraction of sp³-hybridized carbons (Fsp3) is 0.462. The van der Waals surface area contributed by atoms with E-state index in [-0.39, 0.29) is 0 Å².